The molecule has 126 valence electrons. The van der Waals surface area contributed by atoms with Crippen molar-refractivity contribution in [3.63, 3.8) is 0 Å². The Labute approximate surface area is 137 Å². The molecule has 1 aromatic rings. The molecule has 0 bridgehead atoms. The van der Waals surface area contributed by atoms with Crippen LogP contribution >= 0.6 is 0 Å². The average molecular weight is 318 g/mol. The smallest absolute Gasteiger partial charge is 0.257 e. The second-order valence-corrected chi connectivity index (χ2v) is 7.36. The largest absolute Gasteiger partial charge is 0.469 e. The van der Waals surface area contributed by atoms with Crippen molar-refractivity contribution in [1.29, 1.82) is 0 Å². The van der Waals surface area contributed by atoms with Gasteiger partial charge in [-0.05, 0) is 39.7 Å². The summed E-state index contributed by atoms with van der Waals surface area (Å²) in [4.78, 5) is 27.3. The lowest BCUT2D eigenvalue weighted by molar-refractivity contribution is -0.128. The van der Waals surface area contributed by atoms with Gasteiger partial charge < -0.3 is 14.6 Å². The van der Waals surface area contributed by atoms with Crippen LogP contribution in [0.4, 0.5) is 0 Å². The highest BCUT2D eigenvalue weighted by atomic mass is 16.3. The second kappa shape index (κ2) is 6.02. The third-order valence-corrected chi connectivity index (χ3v) is 5.37. The molecule has 2 heterocycles. The van der Waals surface area contributed by atoms with E-state index in [9.17, 15) is 9.59 Å². The van der Waals surface area contributed by atoms with Crippen LogP contribution in [0.15, 0.2) is 16.7 Å². The fraction of sp³-hybridized carbons (Fsp3) is 0.667. The normalized spacial score (nSPS) is 23.0. The van der Waals surface area contributed by atoms with Gasteiger partial charge in [-0.3, -0.25) is 9.59 Å². The number of rotatable bonds is 3. The van der Waals surface area contributed by atoms with Crippen LogP contribution < -0.4 is 5.32 Å². The Balaban J connectivity index is 1.82. The van der Waals surface area contributed by atoms with E-state index in [0.717, 1.165) is 25.7 Å². The molecule has 23 heavy (non-hydrogen) atoms. The molecule has 1 spiro atoms. The maximum Gasteiger partial charge on any atom is 0.257 e. The number of carbonyl (C=O) groups is 2. The molecule has 1 aliphatic heterocycles. The first-order valence-corrected chi connectivity index (χ1v) is 8.57. The Morgan fingerprint density at radius 1 is 1.35 bits per heavy atom. The number of nitrogens with zero attached hydrogens (tertiary/aromatic N) is 1. The fourth-order valence-electron chi connectivity index (χ4n) is 4.23. The van der Waals surface area contributed by atoms with Crippen molar-refractivity contribution in [1.82, 2.24) is 10.2 Å². The lowest BCUT2D eigenvalue weighted by Gasteiger charge is -2.29. The molecule has 1 aliphatic carbocycles. The molecule has 1 saturated carbocycles. The summed E-state index contributed by atoms with van der Waals surface area (Å²) in [7, 11) is 0. The van der Waals surface area contributed by atoms with Crippen LogP contribution in [-0.2, 0) is 4.79 Å². The minimum absolute atomic E-state index is 0.0117. The molecule has 2 amide bonds. The zero-order valence-corrected chi connectivity index (χ0v) is 14.2. The first kappa shape index (κ1) is 16.1. The second-order valence-electron chi connectivity index (χ2n) is 7.36. The summed E-state index contributed by atoms with van der Waals surface area (Å²) in [5.74, 6) is 0.637. The SMILES string of the molecule is Cc1occc1C(=O)N1CC(C(=O)NC(C)C)C2(CCCC2)C1. The van der Waals surface area contributed by atoms with Gasteiger partial charge in [-0.1, -0.05) is 12.8 Å². The molecule has 0 radical (unpaired) electrons. The molecule has 1 unspecified atom stereocenters. The Bertz CT molecular complexity index is 599. The van der Waals surface area contributed by atoms with Gasteiger partial charge >= 0.3 is 0 Å². The number of furan rings is 1. The minimum atomic E-state index is -0.0939. The summed E-state index contributed by atoms with van der Waals surface area (Å²) < 4.78 is 5.26. The van der Waals surface area contributed by atoms with E-state index in [2.05, 4.69) is 5.32 Å². The molecule has 1 atom stereocenters. The number of hydrogen-bond acceptors (Lipinski definition) is 3. The number of aryl methyl sites for hydroxylation is 1. The number of carbonyl (C=O) groups excluding carboxylic acids is 2. The van der Waals surface area contributed by atoms with Crippen molar-refractivity contribution >= 4 is 11.8 Å². The summed E-state index contributed by atoms with van der Waals surface area (Å²) in [6.07, 6.45) is 5.93. The summed E-state index contributed by atoms with van der Waals surface area (Å²) in [5.41, 5.74) is 0.579. The van der Waals surface area contributed by atoms with Crippen molar-refractivity contribution < 1.29 is 14.0 Å². The van der Waals surface area contributed by atoms with Gasteiger partial charge in [0, 0.05) is 24.5 Å². The van der Waals surface area contributed by atoms with E-state index in [-0.39, 0.29) is 29.2 Å². The van der Waals surface area contributed by atoms with Crippen LogP contribution in [0.2, 0.25) is 0 Å². The molecule has 3 rings (SSSR count). The predicted molar refractivity (Wildman–Crippen MR) is 87.0 cm³/mol. The molecule has 5 nitrogen and oxygen atoms in total. The van der Waals surface area contributed by atoms with E-state index in [1.807, 2.05) is 18.7 Å². The highest BCUT2D eigenvalue weighted by molar-refractivity contribution is 5.96. The van der Waals surface area contributed by atoms with E-state index >= 15 is 0 Å². The van der Waals surface area contributed by atoms with E-state index < -0.39 is 0 Å². The van der Waals surface area contributed by atoms with Crippen molar-refractivity contribution in [2.24, 2.45) is 11.3 Å². The van der Waals surface area contributed by atoms with Crippen molar-refractivity contribution in [2.75, 3.05) is 13.1 Å². The first-order valence-electron chi connectivity index (χ1n) is 8.57. The van der Waals surface area contributed by atoms with Gasteiger partial charge in [-0.15, -0.1) is 0 Å². The number of amides is 2. The molecular weight excluding hydrogens is 292 g/mol. The Hall–Kier alpha value is -1.78. The van der Waals surface area contributed by atoms with Crippen LogP contribution in [0, 0.1) is 18.3 Å². The van der Waals surface area contributed by atoms with E-state index in [0.29, 0.717) is 24.4 Å². The summed E-state index contributed by atoms with van der Waals surface area (Å²) in [6.45, 7) is 6.96. The highest BCUT2D eigenvalue weighted by Crippen LogP contribution is 2.49. The minimum Gasteiger partial charge on any atom is -0.469 e. The van der Waals surface area contributed by atoms with E-state index in [1.54, 1.807) is 19.3 Å². The molecule has 5 heteroatoms. The van der Waals surface area contributed by atoms with Gasteiger partial charge in [0.1, 0.15) is 5.76 Å². The monoisotopic (exact) mass is 318 g/mol. The quantitative estimate of drug-likeness (QED) is 0.932. The molecule has 0 aromatic carbocycles. The molecule has 2 fully saturated rings. The van der Waals surface area contributed by atoms with E-state index in [1.165, 1.54) is 0 Å². The average Bonchev–Trinajstić information content (AvgIpc) is 3.19. The zero-order valence-electron chi connectivity index (χ0n) is 14.2. The van der Waals surface area contributed by atoms with Crippen molar-refractivity contribution in [2.45, 2.75) is 52.5 Å². The van der Waals surface area contributed by atoms with Gasteiger partial charge in [-0.2, -0.15) is 0 Å². The Morgan fingerprint density at radius 3 is 2.61 bits per heavy atom. The summed E-state index contributed by atoms with van der Waals surface area (Å²) >= 11 is 0. The maximum atomic E-state index is 12.8. The number of nitrogens with one attached hydrogen (secondary N) is 1. The fourth-order valence-corrected chi connectivity index (χ4v) is 4.23. The van der Waals surface area contributed by atoms with Crippen LogP contribution in [-0.4, -0.2) is 35.8 Å². The van der Waals surface area contributed by atoms with Gasteiger partial charge in [0.05, 0.1) is 17.7 Å². The van der Waals surface area contributed by atoms with Crippen molar-refractivity contribution in [3.8, 4) is 0 Å². The third kappa shape index (κ3) is 2.89. The first-order chi connectivity index (χ1) is 10.9. The third-order valence-electron chi connectivity index (χ3n) is 5.37. The zero-order chi connectivity index (χ0) is 16.6. The van der Waals surface area contributed by atoms with Crippen LogP contribution in [0.3, 0.4) is 0 Å². The topological polar surface area (TPSA) is 62.6 Å². The molecule has 1 aromatic heterocycles. The van der Waals surface area contributed by atoms with Gasteiger partial charge in [0.2, 0.25) is 5.91 Å². The van der Waals surface area contributed by atoms with E-state index in [4.69, 9.17) is 4.42 Å². The van der Waals surface area contributed by atoms with Gasteiger partial charge in [0.25, 0.3) is 5.91 Å². The lowest BCUT2D eigenvalue weighted by atomic mass is 9.76. The molecule has 1 N–H and O–H groups in total. The van der Waals surface area contributed by atoms with Gasteiger partial charge in [0.15, 0.2) is 0 Å². The standard InChI is InChI=1S/C18H26N2O3/c1-12(2)19-16(21)15-10-20(11-18(15)7-4-5-8-18)17(22)14-6-9-23-13(14)3/h6,9,12,15H,4-5,7-8,10-11H2,1-3H3,(H,19,21). The summed E-state index contributed by atoms with van der Waals surface area (Å²) in [5, 5.41) is 3.05. The van der Waals surface area contributed by atoms with Crippen LogP contribution in [0.25, 0.3) is 0 Å². The van der Waals surface area contributed by atoms with Crippen LogP contribution in [0.5, 0.6) is 0 Å². The molecule has 1 saturated heterocycles. The predicted octanol–water partition coefficient (Wildman–Crippen LogP) is 2.75. The summed E-state index contributed by atoms with van der Waals surface area (Å²) in [6, 6.07) is 1.85. The molecule has 2 aliphatic rings. The molecular formula is C18H26N2O3. The highest BCUT2D eigenvalue weighted by Gasteiger charge is 2.52. The Kier molecular flexibility index (Phi) is 4.21. The Morgan fingerprint density at radius 2 is 2.04 bits per heavy atom. The van der Waals surface area contributed by atoms with Crippen LogP contribution in [0.1, 0.15) is 55.6 Å². The number of likely N-dealkylation sites (tertiary alicyclic amines) is 1. The van der Waals surface area contributed by atoms with Gasteiger partial charge in [-0.25, -0.2) is 0 Å². The maximum absolute atomic E-state index is 12.8. The van der Waals surface area contributed by atoms with Crippen molar-refractivity contribution in [3.05, 3.63) is 23.7 Å². The lowest BCUT2D eigenvalue weighted by Crippen LogP contribution is -2.42. The number of hydrogen-bond donors (Lipinski definition) is 1.